The van der Waals surface area contributed by atoms with Crippen molar-refractivity contribution in [2.75, 3.05) is 13.2 Å². The van der Waals surface area contributed by atoms with Gasteiger partial charge in [-0.15, -0.1) is 0 Å². The van der Waals surface area contributed by atoms with E-state index in [0.717, 1.165) is 22.0 Å². The van der Waals surface area contributed by atoms with Gasteiger partial charge in [0.1, 0.15) is 5.75 Å². The predicted octanol–water partition coefficient (Wildman–Crippen LogP) is 3.27. The molecule has 3 rings (SSSR count). The molecule has 0 saturated carbocycles. The Hall–Kier alpha value is -3.15. The van der Waals surface area contributed by atoms with E-state index in [9.17, 15) is 15.0 Å². The second kappa shape index (κ2) is 8.49. The van der Waals surface area contributed by atoms with Crippen LogP contribution in [0.5, 0.6) is 17.2 Å². The molecule has 27 heavy (non-hydrogen) atoms. The van der Waals surface area contributed by atoms with Crippen molar-refractivity contribution in [3.8, 4) is 17.2 Å². The zero-order valence-corrected chi connectivity index (χ0v) is 15.3. The molecule has 142 valence electrons. The fourth-order valence-electron chi connectivity index (χ4n) is 3.04. The first kappa shape index (κ1) is 18.6. The Bertz CT molecular complexity index is 933. The van der Waals surface area contributed by atoms with Crippen molar-refractivity contribution >= 4 is 16.8 Å². The molecule has 6 nitrogen and oxygen atoms in total. The van der Waals surface area contributed by atoms with Gasteiger partial charge in [0.2, 0.25) is 5.91 Å². The number of carbonyl (C=O) groups excluding carboxylic acids is 1. The summed E-state index contributed by atoms with van der Waals surface area (Å²) in [5, 5.41) is 23.2. The summed E-state index contributed by atoms with van der Waals surface area (Å²) in [7, 11) is 0. The van der Waals surface area contributed by atoms with Gasteiger partial charge < -0.3 is 25.3 Å². The van der Waals surface area contributed by atoms with Crippen molar-refractivity contribution in [2.45, 2.75) is 26.2 Å². The Morgan fingerprint density at radius 3 is 2.81 bits per heavy atom. The van der Waals surface area contributed by atoms with Gasteiger partial charge in [-0.3, -0.25) is 4.79 Å². The lowest BCUT2D eigenvalue weighted by Crippen LogP contribution is -2.25. The number of aryl methyl sites for hydroxylation is 1. The van der Waals surface area contributed by atoms with E-state index in [-0.39, 0.29) is 17.4 Å². The highest BCUT2D eigenvalue weighted by Crippen LogP contribution is 2.27. The normalized spacial score (nSPS) is 10.9. The Morgan fingerprint density at radius 1 is 1.15 bits per heavy atom. The highest BCUT2D eigenvalue weighted by atomic mass is 16.5. The van der Waals surface area contributed by atoms with Crippen LogP contribution in [0.15, 0.2) is 42.6 Å². The van der Waals surface area contributed by atoms with Crippen LogP contribution in [0.4, 0.5) is 0 Å². The van der Waals surface area contributed by atoms with E-state index in [1.807, 2.05) is 19.2 Å². The SMILES string of the molecule is CCOc1cc(CCC(=O)NCCc2c[nH]c3ccc(O)cc23)ccc1O. The lowest BCUT2D eigenvalue weighted by Gasteiger charge is -2.09. The second-order valence-corrected chi connectivity index (χ2v) is 6.38. The first-order chi connectivity index (χ1) is 13.1. The smallest absolute Gasteiger partial charge is 0.220 e. The lowest BCUT2D eigenvalue weighted by molar-refractivity contribution is -0.121. The summed E-state index contributed by atoms with van der Waals surface area (Å²) in [6, 6.07) is 10.4. The number of amides is 1. The minimum atomic E-state index is -0.0243. The number of aromatic amines is 1. The molecule has 1 heterocycles. The van der Waals surface area contributed by atoms with E-state index in [4.69, 9.17) is 4.74 Å². The Labute approximate surface area is 157 Å². The van der Waals surface area contributed by atoms with E-state index < -0.39 is 0 Å². The molecular weight excluding hydrogens is 344 g/mol. The summed E-state index contributed by atoms with van der Waals surface area (Å²) in [6.07, 6.45) is 3.53. The van der Waals surface area contributed by atoms with Crippen LogP contribution in [0, 0.1) is 0 Å². The largest absolute Gasteiger partial charge is 0.508 e. The van der Waals surface area contributed by atoms with Crippen LogP contribution in [-0.2, 0) is 17.6 Å². The van der Waals surface area contributed by atoms with E-state index >= 15 is 0 Å². The van der Waals surface area contributed by atoms with Gasteiger partial charge >= 0.3 is 0 Å². The van der Waals surface area contributed by atoms with Crippen molar-refractivity contribution in [2.24, 2.45) is 0 Å². The van der Waals surface area contributed by atoms with Crippen LogP contribution in [0.2, 0.25) is 0 Å². The van der Waals surface area contributed by atoms with Gasteiger partial charge in [0, 0.05) is 30.1 Å². The van der Waals surface area contributed by atoms with E-state index in [0.29, 0.717) is 38.2 Å². The number of phenolic OH excluding ortho intramolecular Hbond substituents is 2. The van der Waals surface area contributed by atoms with Crippen molar-refractivity contribution < 1.29 is 19.7 Å². The van der Waals surface area contributed by atoms with Gasteiger partial charge in [0.15, 0.2) is 11.5 Å². The number of hydrogen-bond donors (Lipinski definition) is 4. The van der Waals surface area contributed by atoms with E-state index in [1.165, 1.54) is 0 Å². The highest BCUT2D eigenvalue weighted by molar-refractivity contribution is 5.84. The Morgan fingerprint density at radius 2 is 2.00 bits per heavy atom. The number of aromatic hydroxyl groups is 2. The number of ether oxygens (including phenoxy) is 1. The van der Waals surface area contributed by atoms with Crippen LogP contribution in [-0.4, -0.2) is 34.3 Å². The molecule has 0 fully saturated rings. The molecular formula is C21H24N2O4. The fraction of sp³-hybridized carbons (Fsp3) is 0.286. The number of H-pyrrole nitrogens is 1. The predicted molar refractivity (Wildman–Crippen MR) is 104 cm³/mol. The molecule has 0 aliphatic rings. The molecule has 0 bridgehead atoms. The molecule has 0 unspecified atom stereocenters. The topological polar surface area (TPSA) is 94.6 Å². The molecule has 0 radical (unpaired) electrons. The summed E-state index contributed by atoms with van der Waals surface area (Å²) in [6.45, 7) is 2.86. The van der Waals surface area contributed by atoms with Gasteiger partial charge in [-0.1, -0.05) is 6.07 Å². The van der Waals surface area contributed by atoms with Crippen LogP contribution in [0.1, 0.15) is 24.5 Å². The average Bonchev–Trinajstić information content (AvgIpc) is 3.05. The van der Waals surface area contributed by atoms with Crippen molar-refractivity contribution in [3.05, 3.63) is 53.7 Å². The molecule has 0 aliphatic heterocycles. The molecule has 0 saturated heterocycles. The maximum Gasteiger partial charge on any atom is 0.220 e. The van der Waals surface area contributed by atoms with E-state index in [2.05, 4.69) is 10.3 Å². The standard InChI is InChI=1S/C21H24N2O4/c1-2-27-20-11-14(3-7-19(20)25)4-8-21(26)22-10-9-15-13-23-18-6-5-16(24)12-17(15)18/h3,5-7,11-13,23-25H,2,4,8-10H2,1H3,(H,22,26). The van der Waals surface area contributed by atoms with Crippen molar-refractivity contribution in [1.29, 1.82) is 0 Å². The van der Waals surface area contributed by atoms with E-state index in [1.54, 1.807) is 30.3 Å². The Kier molecular flexibility index (Phi) is 5.86. The summed E-state index contributed by atoms with van der Waals surface area (Å²) in [5.41, 5.74) is 2.96. The number of rotatable bonds is 8. The Balaban J connectivity index is 1.48. The quantitative estimate of drug-likeness (QED) is 0.491. The average molecular weight is 368 g/mol. The number of carbonyl (C=O) groups is 1. The summed E-state index contributed by atoms with van der Waals surface area (Å²) in [4.78, 5) is 15.3. The number of phenols is 2. The van der Waals surface area contributed by atoms with Crippen LogP contribution < -0.4 is 10.1 Å². The molecule has 6 heteroatoms. The molecule has 2 aromatic carbocycles. The maximum absolute atomic E-state index is 12.1. The number of fused-ring (bicyclic) bond motifs is 1. The number of hydrogen-bond acceptors (Lipinski definition) is 4. The molecule has 0 atom stereocenters. The molecule has 4 N–H and O–H groups in total. The van der Waals surface area contributed by atoms with Gasteiger partial charge in [-0.05, 0) is 61.2 Å². The van der Waals surface area contributed by atoms with Gasteiger partial charge in [-0.25, -0.2) is 0 Å². The third kappa shape index (κ3) is 4.73. The lowest BCUT2D eigenvalue weighted by atomic mass is 10.1. The molecule has 1 aromatic heterocycles. The first-order valence-corrected chi connectivity index (χ1v) is 9.07. The van der Waals surface area contributed by atoms with Crippen molar-refractivity contribution in [1.82, 2.24) is 10.3 Å². The minimum Gasteiger partial charge on any atom is -0.508 e. The molecule has 1 amide bonds. The highest BCUT2D eigenvalue weighted by Gasteiger charge is 2.08. The first-order valence-electron chi connectivity index (χ1n) is 9.07. The molecule has 0 spiro atoms. The van der Waals surface area contributed by atoms with Crippen LogP contribution >= 0.6 is 0 Å². The van der Waals surface area contributed by atoms with Crippen LogP contribution in [0.25, 0.3) is 10.9 Å². The number of benzene rings is 2. The summed E-state index contributed by atoms with van der Waals surface area (Å²) < 4.78 is 5.36. The zero-order chi connectivity index (χ0) is 19.2. The molecule has 0 aliphatic carbocycles. The summed E-state index contributed by atoms with van der Waals surface area (Å²) in [5.74, 6) is 0.754. The molecule has 3 aromatic rings. The summed E-state index contributed by atoms with van der Waals surface area (Å²) >= 11 is 0. The van der Waals surface area contributed by atoms with Crippen LogP contribution in [0.3, 0.4) is 0 Å². The van der Waals surface area contributed by atoms with Gasteiger partial charge in [0.05, 0.1) is 6.61 Å². The number of aromatic nitrogens is 1. The van der Waals surface area contributed by atoms with Crippen molar-refractivity contribution in [3.63, 3.8) is 0 Å². The number of nitrogens with one attached hydrogen (secondary N) is 2. The third-order valence-electron chi connectivity index (χ3n) is 4.43. The van der Waals surface area contributed by atoms with Gasteiger partial charge in [-0.2, -0.15) is 0 Å². The second-order valence-electron chi connectivity index (χ2n) is 6.38. The maximum atomic E-state index is 12.1. The monoisotopic (exact) mass is 368 g/mol. The van der Waals surface area contributed by atoms with Gasteiger partial charge in [0.25, 0.3) is 0 Å². The fourth-order valence-corrected chi connectivity index (χ4v) is 3.04. The minimum absolute atomic E-state index is 0.0243. The third-order valence-corrected chi connectivity index (χ3v) is 4.43. The zero-order valence-electron chi connectivity index (χ0n) is 15.3.